The summed E-state index contributed by atoms with van der Waals surface area (Å²) in [6.07, 6.45) is -8.71. The summed E-state index contributed by atoms with van der Waals surface area (Å²) in [5.74, 6) is -1.52. The number of aliphatic hydroxyl groups excluding tert-OH is 2. The molecule has 1 fully saturated rings. The number of hydrogen-bond donors (Lipinski definition) is 3. The number of carboxylic acids is 1. The van der Waals surface area contributed by atoms with Crippen molar-refractivity contribution >= 4 is 40.5 Å². The number of aromatic nitrogens is 6. The molecule has 41 heavy (non-hydrogen) atoms. The van der Waals surface area contributed by atoms with Crippen molar-refractivity contribution in [2.45, 2.75) is 36.6 Å². The minimum absolute atomic E-state index is 0.0712. The molecule has 0 spiro atoms. The van der Waals surface area contributed by atoms with Gasteiger partial charge in [-0.1, -0.05) is 28.4 Å². The Bertz CT molecular complexity index is 1580. The molecule has 4 aromatic rings. The third-order valence-electron chi connectivity index (χ3n) is 6.39. The Morgan fingerprint density at radius 2 is 2.02 bits per heavy atom. The highest BCUT2D eigenvalue weighted by atomic mass is 35.5. The molecule has 12 nitrogen and oxygen atoms in total. The quantitative estimate of drug-likeness (QED) is 0.274. The maximum atomic E-state index is 14.0. The standard InChI is InChI=1S/C23H19Cl2F3N6O6S/c1-39-20-17(33-6-12(30-32-33)21-29-16(25)8-41-21)18(36)15(7-35)40-19(20)14-5-11(22(37)38)31-34(14)13-4-9(24)2-3-10(13)23(26,27)28/h2-6,8,15,17-20,35-36H,7H2,1H3,(H,37,38)/t15-,17+,18+,19+,20-/m1/s1. The number of hydrogen-bond acceptors (Lipinski definition) is 10. The molecular formula is C23H19Cl2F3N6O6S. The Hall–Kier alpha value is -3.12. The Morgan fingerprint density at radius 1 is 1.27 bits per heavy atom. The van der Waals surface area contributed by atoms with E-state index in [1.54, 1.807) is 5.38 Å². The minimum Gasteiger partial charge on any atom is -0.476 e. The summed E-state index contributed by atoms with van der Waals surface area (Å²) >= 11 is 13.1. The van der Waals surface area contributed by atoms with Gasteiger partial charge in [-0.25, -0.2) is 19.1 Å². The number of benzene rings is 1. The Morgan fingerprint density at radius 3 is 2.63 bits per heavy atom. The number of carbonyl (C=O) groups is 1. The van der Waals surface area contributed by atoms with Crippen LogP contribution in [0.5, 0.6) is 0 Å². The second-order valence-electron chi connectivity index (χ2n) is 8.85. The van der Waals surface area contributed by atoms with E-state index in [2.05, 4.69) is 20.4 Å². The molecule has 0 saturated carbocycles. The largest absolute Gasteiger partial charge is 0.476 e. The molecule has 0 unspecified atom stereocenters. The van der Waals surface area contributed by atoms with E-state index in [1.165, 1.54) is 29.3 Å². The molecule has 1 aliphatic heterocycles. The molecule has 4 heterocycles. The second kappa shape index (κ2) is 11.3. The van der Waals surface area contributed by atoms with Gasteiger partial charge in [-0.3, -0.25) is 0 Å². The molecule has 3 N–H and O–H groups in total. The molecule has 1 aromatic carbocycles. The molecule has 3 aromatic heterocycles. The van der Waals surface area contributed by atoms with Gasteiger partial charge in [0.25, 0.3) is 0 Å². The van der Waals surface area contributed by atoms with Crippen LogP contribution in [0.4, 0.5) is 13.2 Å². The molecule has 5 atom stereocenters. The van der Waals surface area contributed by atoms with Crippen LogP contribution in [0.15, 0.2) is 35.8 Å². The van der Waals surface area contributed by atoms with Crippen molar-refractivity contribution < 1.29 is 42.8 Å². The minimum atomic E-state index is -4.86. The van der Waals surface area contributed by atoms with E-state index in [-0.39, 0.29) is 15.9 Å². The number of alkyl halides is 3. The first-order valence-corrected chi connectivity index (χ1v) is 13.3. The molecule has 0 aliphatic carbocycles. The van der Waals surface area contributed by atoms with Crippen LogP contribution in [0.2, 0.25) is 10.2 Å². The highest BCUT2D eigenvalue weighted by Crippen LogP contribution is 2.42. The molecule has 0 radical (unpaired) electrons. The van der Waals surface area contributed by atoms with Gasteiger partial charge < -0.3 is 24.8 Å². The lowest BCUT2D eigenvalue weighted by atomic mass is 9.90. The number of rotatable bonds is 7. The first kappa shape index (κ1) is 29.4. The van der Waals surface area contributed by atoms with Crippen molar-refractivity contribution in [1.29, 1.82) is 0 Å². The van der Waals surface area contributed by atoms with Gasteiger partial charge in [-0.2, -0.15) is 18.3 Å². The van der Waals surface area contributed by atoms with E-state index in [1.807, 2.05) is 0 Å². The van der Waals surface area contributed by atoms with E-state index >= 15 is 0 Å². The zero-order valence-corrected chi connectivity index (χ0v) is 22.9. The maximum absolute atomic E-state index is 14.0. The molecular weight excluding hydrogens is 616 g/mol. The van der Waals surface area contributed by atoms with Crippen LogP contribution in [0.25, 0.3) is 16.4 Å². The van der Waals surface area contributed by atoms with Gasteiger partial charge in [0.2, 0.25) is 0 Å². The van der Waals surface area contributed by atoms with Crippen LogP contribution in [-0.2, 0) is 15.7 Å². The SMILES string of the molecule is CO[C@@H]1[C@@H](n2cc(-c3nc(Cl)cs3)nn2)[C@@H](O)[C@@H](CO)O[C@H]1c1cc(C(=O)O)nn1-c1cc(Cl)ccc1C(F)(F)F. The van der Waals surface area contributed by atoms with Crippen LogP contribution in [0.1, 0.15) is 33.9 Å². The predicted octanol–water partition coefficient (Wildman–Crippen LogP) is 3.66. The number of aromatic carboxylic acids is 1. The lowest BCUT2D eigenvalue weighted by Crippen LogP contribution is -2.53. The topological polar surface area (TPSA) is 158 Å². The molecule has 1 saturated heterocycles. The Labute approximate surface area is 242 Å². The number of thiazole rings is 1. The lowest BCUT2D eigenvalue weighted by molar-refractivity contribution is -0.216. The number of carboxylic acid groups (broad SMARTS) is 1. The monoisotopic (exact) mass is 634 g/mol. The van der Waals surface area contributed by atoms with E-state index in [9.17, 15) is 33.3 Å². The Kier molecular flexibility index (Phi) is 8.08. The third kappa shape index (κ3) is 5.55. The van der Waals surface area contributed by atoms with Crippen LogP contribution < -0.4 is 0 Å². The van der Waals surface area contributed by atoms with Crippen molar-refractivity contribution in [3.8, 4) is 16.4 Å². The van der Waals surface area contributed by atoms with Gasteiger partial charge in [-0.15, -0.1) is 16.4 Å². The van der Waals surface area contributed by atoms with E-state index in [0.29, 0.717) is 10.7 Å². The summed E-state index contributed by atoms with van der Waals surface area (Å²) in [6, 6.07) is 2.66. The first-order chi connectivity index (χ1) is 19.4. The molecule has 0 bridgehead atoms. The zero-order chi connectivity index (χ0) is 29.6. The van der Waals surface area contributed by atoms with Gasteiger partial charge >= 0.3 is 12.1 Å². The molecule has 18 heteroatoms. The summed E-state index contributed by atoms with van der Waals surface area (Å²) in [7, 11) is 1.26. The molecule has 5 rings (SSSR count). The summed E-state index contributed by atoms with van der Waals surface area (Å²) in [5, 5.41) is 45.0. The zero-order valence-electron chi connectivity index (χ0n) is 20.6. The second-order valence-corrected chi connectivity index (χ2v) is 10.5. The van der Waals surface area contributed by atoms with E-state index in [0.717, 1.165) is 28.9 Å². The number of ether oxygens (including phenoxy) is 2. The number of aliphatic hydroxyl groups is 2. The van der Waals surface area contributed by atoms with Gasteiger partial charge in [0, 0.05) is 17.5 Å². The van der Waals surface area contributed by atoms with Crippen molar-refractivity contribution in [3.05, 3.63) is 63.0 Å². The van der Waals surface area contributed by atoms with Gasteiger partial charge in [0.15, 0.2) is 5.69 Å². The lowest BCUT2D eigenvalue weighted by Gasteiger charge is -2.43. The van der Waals surface area contributed by atoms with E-state index < -0.39 is 66.2 Å². The normalized spacial score (nSPS) is 23.2. The van der Waals surface area contributed by atoms with Crippen LogP contribution >= 0.6 is 34.5 Å². The smallest absolute Gasteiger partial charge is 0.418 e. The number of nitrogens with zero attached hydrogens (tertiary/aromatic N) is 6. The summed E-state index contributed by atoms with van der Waals surface area (Å²) in [5.41, 5.74) is -2.19. The average molecular weight is 635 g/mol. The highest BCUT2D eigenvalue weighted by molar-refractivity contribution is 7.13. The molecule has 0 amide bonds. The fourth-order valence-electron chi connectivity index (χ4n) is 4.61. The van der Waals surface area contributed by atoms with Crippen molar-refractivity contribution in [3.63, 3.8) is 0 Å². The third-order valence-corrected chi connectivity index (χ3v) is 7.81. The fraction of sp³-hybridized carbons (Fsp3) is 0.348. The van der Waals surface area contributed by atoms with Gasteiger partial charge in [-0.05, 0) is 24.3 Å². The van der Waals surface area contributed by atoms with Gasteiger partial charge in [0.05, 0.1) is 29.7 Å². The predicted molar refractivity (Wildman–Crippen MR) is 137 cm³/mol. The first-order valence-electron chi connectivity index (χ1n) is 11.6. The summed E-state index contributed by atoms with van der Waals surface area (Å²) < 4.78 is 55.5. The highest BCUT2D eigenvalue weighted by Gasteiger charge is 2.49. The van der Waals surface area contributed by atoms with Crippen molar-refractivity contribution in [2.24, 2.45) is 0 Å². The summed E-state index contributed by atoms with van der Waals surface area (Å²) in [6.45, 7) is -0.709. The van der Waals surface area contributed by atoms with Crippen LogP contribution in [-0.4, -0.2) is 83.1 Å². The number of methoxy groups -OCH3 is 1. The van der Waals surface area contributed by atoms with E-state index in [4.69, 9.17) is 32.7 Å². The maximum Gasteiger partial charge on any atom is 0.418 e. The number of halogens is 5. The fourth-order valence-corrected chi connectivity index (χ4v) is 5.67. The van der Waals surface area contributed by atoms with Crippen molar-refractivity contribution in [1.82, 2.24) is 29.8 Å². The van der Waals surface area contributed by atoms with Crippen molar-refractivity contribution in [2.75, 3.05) is 13.7 Å². The Balaban J connectivity index is 1.66. The van der Waals surface area contributed by atoms with Crippen LogP contribution in [0.3, 0.4) is 0 Å². The molecule has 218 valence electrons. The average Bonchev–Trinajstić information content (AvgIpc) is 3.67. The molecule has 1 aliphatic rings. The summed E-state index contributed by atoms with van der Waals surface area (Å²) in [4.78, 5) is 16.0. The van der Waals surface area contributed by atoms with Gasteiger partial charge in [0.1, 0.15) is 46.3 Å². The van der Waals surface area contributed by atoms with Crippen LogP contribution in [0, 0.1) is 0 Å².